The lowest BCUT2D eigenvalue weighted by Gasteiger charge is -2.31. The van der Waals surface area contributed by atoms with Gasteiger partial charge in [-0.15, -0.1) is 0 Å². The molecule has 3 atom stereocenters. The number of carbonyl (C=O) groups excluding carboxylic acids is 4. The fraction of sp³-hybridized carbons (Fsp3) is 0.429. The van der Waals surface area contributed by atoms with Gasteiger partial charge in [0.25, 0.3) is 0 Å². The van der Waals surface area contributed by atoms with Crippen LogP contribution in [-0.4, -0.2) is 36.7 Å². The van der Waals surface area contributed by atoms with Gasteiger partial charge in [-0.1, -0.05) is 19.9 Å². The van der Waals surface area contributed by atoms with Gasteiger partial charge in [0.1, 0.15) is 5.78 Å². The van der Waals surface area contributed by atoms with Crippen molar-refractivity contribution in [3.8, 4) is 0 Å². The first-order valence-electron chi connectivity index (χ1n) is 8.91. The summed E-state index contributed by atoms with van der Waals surface area (Å²) in [4.78, 5) is 50.3. The molecule has 0 saturated heterocycles. The first-order chi connectivity index (χ1) is 13.1. The second kappa shape index (κ2) is 7.96. The fourth-order valence-corrected chi connectivity index (χ4v) is 3.92. The van der Waals surface area contributed by atoms with E-state index >= 15 is 0 Å². The summed E-state index contributed by atoms with van der Waals surface area (Å²) in [6, 6.07) is 6.09. The molecule has 0 amide bonds. The van der Waals surface area contributed by atoms with Crippen molar-refractivity contribution in [3.63, 3.8) is 0 Å². The lowest BCUT2D eigenvalue weighted by Crippen LogP contribution is -2.38. The molecule has 1 aromatic carbocycles. The Morgan fingerprint density at radius 1 is 1.14 bits per heavy atom. The highest BCUT2D eigenvalue weighted by Gasteiger charge is 2.60. The summed E-state index contributed by atoms with van der Waals surface area (Å²) in [5, 5.41) is 0. The average molecular weight is 387 g/mol. The number of esters is 2. The minimum absolute atomic E-state index is 0.0896. The van der Waals surface area contributed by atoms with Crippen molar-refractivity contribution < 1.29 is 28.7 Å². The van der Waals surface area contributed by atoms with Crippen LogP contribution in [0.5, 0.6) is 0 Å². The molecule has 1 aliphatic carbocycles. The van der Waals surface area contributed by atoms with Crippen LogP contribution in [0.2, 0.25) is 0 Å². The largest absolute Gasteiger partial charge is 0.466 e. The van der Waals surface area contributed by atoms with E-state index in [1.54, 1.807) is 32.9 Å². The molecule has 0 spiro atoms. The zero-order valence-corrected chi connectivity index (χ0v) is 16.6. The first kappa shape index (κ1) is 21.3. The van der Waals surface area contributed by atoms with Crippen molar-refractivity contribution in [2.24, 2.45) is 17.3 Å². The van der Waals surface area contributed by atoms with Crippen LogP contribution in [-0.2, 0) is 23.9 Å². The number of benzene rings is 1. The summed E-state index contributed by atoms with van der Waals surface area (Å²) < 4.78 is 10.3. The predicted molar refractivity (Wildman–Crippen MR) is 102 cm³/mol. The molecule has 2 rings (SSSR count). The van der Waals surface area contributed by atoms with E-state index < -0.39 is 41.1 Å². The van der Waals surface area contributed by atoms with Gasteiger partial charge in [0.2, 0.25) is 0 Å². The highest BCUT2D eigenvalue weighted by molar-refractivity contribution is 6.06. The van der Waals surface area contributed by atoms with E-state index in [1.807, 2.05) is 0 Å². The molecule has 1 aliphatic rings. The average Bonchev–Trinajstić information content (AvgIpc) is 2.83. The maximum Gasteiger partial charge on any atom is 0.338 e. The van der Waals surface area contributed by atoms with Gasteiger partial charge >= 0.3 is 11.9 Å². The molecule has 28 heavy (non-hydrogen) atoms. The maximum atomic E-state index is 13.2. The highest BCUT2D eigenvalue weighted by atomic mass is 16.5. The SMILES string of the molecule is C/C=C(/C(=O)OC)[C@H]1C(=O)[C@H](OC(=O)c2ccc(N)cc2)C(C)(C)[C@H]1C(C)=O. The summed E-state index contributed by atoms with van der Waals surface area (Å²) in [6.45, 7) is 6.32. The number of methoxy groups -OCH3 is 1. The Balaban J connectivity index is 2.43. The number of carbonyl (C=O) groups is 4. The van der Waals surface area contributed by atoms with E-state index in [0.717, 1.165) is 0 Å². The number of anilines is 1. The van der Waals surface area contributed by atoms with Crippen LogP contribution in [0.3, 0.4) is 0 Å². The summed E-state index contributed by atoms with van der Waals surface area (Å²) in [5.41, 5.74) is 5.43. The number of nitrogen functional groups attached to an aromatic ring is 1. The fourth-order valence-electron chi connectivity index (χ4n) is 3.92. The van der Waals surface area contributed by atoms with E-state index in [9.17, 15) is 19.2 Å². The molecule has 0 heterocycles. The molecule has 0 aromatic heterocycles. The van der Waals surface area contributed by atoms with Crippen molar-refractivity contribution in [3.05, 3.63) is 41.5 Å². The van der Waals surface area contributed by atoms with Crippen LogP contribution < -0.4 is 5.73 Å². The monoisotopic (exact) mass is 387 g/mol. The molecule has 2 N–H and O–H groups in total. The van der Waals surface area contributed by atoms with Gasteiger partial charge in [0.15, 0.2) is 11.9 Å². The van der Waals surface area contributed by atoms with Gasteiger partial charge in [-0.3, -0.25) is 9.59 Å². The first-order valence-corrected chi connectivity index (χ1v) is 8.91. The van der Waals surface area contributed by atoms with Crippen molar-refractivity contribution in [2.75, 3.05) is 12.8 Å². The summed E-state index contributed by atoms with van der Waals surface area (Å²) in [7, 11) is 1.21. The number of hydrogen-bond acceptors (Lipinski definition) is 7. The molecule has 1 aromatic rings. The quantitative estimate of drug-likeness (QED) is 0.469. The van der Waals surface area contributed by atoms with Gasteiger partial charge in [0, 0.05) is 22.6 Å². The Kier molecular flexibility index (Phi) is 6.07. The van der Waals surface area contributed by atoms with Crippen molar-refractivity contribution in [1.29, 1.82) is 0 Å². The zero-order chi connectivity index (χ0) is 21.2. The number of allylic oxidation sites excluding steroid dienone is 1. The minimum Gasteiger partial charge on any atom is -0.466 e. The molecule has 150 valence electrons. The van der Waals surface area contributed by atoms with Crippen molar-refractivity contribution in [2.45, 2.75) is 33.8 Å². The maximum absolute atomic E-state index is 13.2. The topological polar surface area (TPSA) is 113 Å². The van der Waals surface area contributed by atoms with E-state index in [1.165, 1.54) is 32.2 Å². The van der Waals surface area contributed by atoms with Gasteiger partial charge in [-0.2, -0.15) is 0 Å². The lowest BCUT2D eigenvalue weighted by molar-refractivity contribution is -0.139. The number of Topliss-reactive ketones (excluding diaryl/α,β-unsaturated/α-hetero) is 2. The van der Waals surface area contributed by atoms with E-state index in [0.29, 0.717) is 5.69 Å². The highest BCUT2D eigenvalue weighted by Crippen LogP contribution is 2.49. The normalized spacial score (nSPS) is 24.0. The Morgan fingerprint density at radius 2 is 1.71 bits per heavy atom. The Bertz CT molecular complexity index is 837. The van der Waals surface area contributed by atoms with E-state index in [-0.39, 0.29) is 16.9 Å². The number of ether oxygens (including phenoxy) is 2. The number of ketones is 2. The van der Waals surface area contributed by atoms with Crippen molar-refractivity contribution >= 4 is 29.2 Å². The molecular weight excluding hydrogens is 362 g/mol. The third-order valence-corrected chi connectivity index (χ3v) is 5.25. The van der Waals surface area contributed by atoms with Gasteiger partial charge in [-0.05, 0) is 38.1 Å². The van der Waals surface area contributed by atoms with E-state index in [4.69, 9.17) is 15.2 Å². The smallest absolute Gasteiger partial charge is 0.338 e. The molecule has 0 bridgehead atoms. The summed E-state index contributed by atoms with van der Waals surface area (Å²) in [5.74, 6) is -4.00. The molecule has 0 unspecified atom stereocenters. The molecule has 0 aliphatic heterocycles. The second-order valence-corrected chi connectivity index (χ2v) is 7.43. The standard InChI is InChI=1S/C21H25NO6/c1-6-14(20(26)27-5)15-16(11(2)23)21(3,4)18(17(15)24)28-19(25)12-7-9-13(22)10-8-12/h6-10,15-16,18H,22H2,1-5H3/b14-6+/t15-,16+,18+/m1/s1. The summed E-state index contributed by atoms with van der Waals surface area (Å²) in [6.07, 6.45) is 0.279. The number of rotatable bonds is 5. The number of hydrogen-bond donors (Lipinski definition) is 1. The van der Waals surface area contributed by atoms with E-state index in [2.05, 4.69) is 0 Å². The minimum atomic E-state index is -1.18. The molecule has 1 saturated carbocycles. The van der Waals surface area contributed by atoms with Crippen LogP contribution in [0.25, 0.3) is 0 Å². The van der Waals surface area contributed by atoms with Gasteiger partial charge < -0.3 is 15.2 Å². The van der Waals surface area contributed by atoms with Gasteiger partial charge in [-0.25, -0.2) is 9.59 Å². The van der Waals surface area contributed by atoms with Crippen molar-refractivity contribution in [1.82, 2.24) is 0 Å². The molecular formula is C21H25NO6. The Labute approximate surface area is 163 Å². The third kappa shape index (κ3) is 3.69. The molecule has 7 heteroatoms. The lowest BCUT2D eigenvalue weighted by atomic mass is 9.73. The van der Waals surface area contributed by atoms with Crippen LogP contribution in [0.15, 0.2) is 35.9 Å². The second-order valence-electron chi connectivity index (χ2n) is 7.43. The molecule has 0 radical (unpaired) electrons. The predicted octanol–water partition coefficient (Wildman–Crippen LogP) is 2.34. The zero-order valence-electron chi connectivity index (χ0n) is 16.6. The summed E-state index contributed by atoms with van der Waals surface area (Å²) >= 11 is 0. The molecule has 7 nitrogen and oxygen atoms in total. The van der Waals surface area contributed by atoms with Crippen LogP contribution in [0.4, 0.5) is 5.69 Å². The Morgan fingerprint density at radius 3 is 2.18 bits per heavy atom. The van der Waals surface area contributed by atoms with Crippen LogP contribution in [0.1, 0.15) is 38.1 Å². The van der Waals surface area contributed by atoms with Gasteiger partial charge in [0.05, 0.1) is 18.6 Å². The Hall–Kier alpha value is -2.96. The third-order valence-electron chi connectivity index (χ3n) is 5.25. The number of nitrogens with two attached hydrogens (primary N) is 1. The van der Waals surface area contributed by atoms with Crippen LogP contribution >= 0.6 is 0 Å². The molecule has 1 fully saturated rings. The van der Waals surface area contributed by atoms with Crippen LogP contribution in [0, 0.1) is 17.3 Å².